The van der Waals surface area contributed by atoms with Crippen molar-refractivity contribution in [2.24, 2.45) is 0 Å². The molecule has 5 nitrogen and oxygen atoms in total. The van der Waals surface area contributed by atoms with Crippen molar-refractivity contribution in [1.82, 2.24) is 15.0 Å². The molecule has 62 valence electrons. The second kappa shape index (κ2) is 2.65. The predicted octanol–water partition coefficient (Wildman–Crippen LogP) is 1.20. The van der Waals surface area contributed by atoms with Gasteiger partial charge in [0, 0.05) is 0 Å². The molecule has 6 heteroatoms. The number of hydrogen-bond acceptors (Lipinski definition) is 6. The quantitative estimate of drug-likeness (QED) is 0.648. The zero-order chi connectivity index (χ0) is 8.55. The van der Waals surface area contributed by atoms with Gasteiger partial charge in [0.05, 0.1) is 5.01 Å². The molecule has 0 saturated carbocycles. The molecule has 2 aromatic heterocycles. The van der Waals surface area contributed by atoms with Crippen LogP contribution < -0.4 is 5.48 Å². The Hall–Kier alpha value is -1.27. The van der Waals surface area contributed by atoms with Gasteiger partial charge in [0.25, 0.3) is 0 Å². The van der Waals surface area contributed by atoms with Gasteiger partial charge in [0.1, 0.15) is 16.7 Å². The fourth-order valence-electron chi connectivity index (χ4n) is 0.940. The Morgan fingerprint density at radius 3 is 3.08 bits per heavy atom. The van der Waals surface area contributed by atoms with E-state index in [0.29, 0.717) is 11.3 Å². The monoisotopic (exact) mass is 182 g/mol. The number of nitrogens with zero attached hydrogens (tertiary/aromatic N) is 3. The minimum absolute atomic E-state index is 0.351. The molecule has 0 aromatic carbocycles. The summed E-state index contributed by atoms with van der Waals surface area (Å²) in [6.07, 6.45) is 1.39. The molecule has 0 aliphatic heterocycles. The lowest BCUT2D eigenvalue weighted by molar-refractivity contribution is 0.386. The van der Waals surface area contributed by atoms with Crippen molar-refractivity contribution >= 4 is 27.5 Å². The van der Waals surface area contributed by atoms with Gasteiger partial charge in [-0.25, -0.2) is 15.0 Å². The number of hydrogen-bond donors (Lipinski definition) is 2. The van der Waals surface area contributed by atoms with Crippen LogP contribution in [-0.2, 0) is 0 Å². The van der Waals surface area contributed by atoms with E-state index in [4.69, 9.17) is 5.21 Å². The van der Waals surface area contributed by atoms with Crippen LogP contribution in [-0.4, -0.2) is 20.2 Å². The molecule has 2 rings (SSSR count). The van der Waals surface area contributed by atoms with Crippen LogP contribution in [0.2, 0.25) is 0 Å². The molecule has 0 amide bonds. The summed E-state index contributed by atoms with van der Waals surface area (Å²) >= 11 is 1.47. The molecular weight excluding hydrogens is 176 g/mol. The summed E-state index contributed by atoms with van der Waals surface area (Å²) in [6.45, 7) is 1.88. The van der Waals surface area contributed by atoms with E-state index in [1.807, 2.05) is 12.4 Å². The Morgan fingerprint density at radius 1 is 1.50 bits per heavy atom. The summed E-state index contributed by atoms with van der Waals surface area (Å²) in [6, 6.07) is 0. The lowest BCUT2D eigenvalue weighted by Gasteiger charge is -1.94. The summed E-state index contributed by atoms with van der Waals surface area (Å²) in [5, 5.41) is 9.57. The number of rotatable bonds is 1. The largest absolute Gasteiger partial charge is 0.290 e. The number of thiazole rings is 1. The van der Waals surface area contributed by atoms with Gasteiger partial charge < -0.3 is 0 Å². The average Bonchev–Trinajstić information content (AvgIpc) is 2.44. The van der Waals surface area contributed by atoms with Gasteiger partial charge in [0.15, 0.2) is 5.82 Å². The minimum atomic E-state index is 0.351. The van der Waals surface area contributed by atoms with E-state index in [9.17, 15) is 0 Å². The van der Waals surface area contributed by atoms with Gasteiger partial charge in [-0.2, -0.15) is 0 Å². The van der Waals surface area contributed by atoms with Crippen molar-refractivity contribution in [1.29, 1.82) is 0 Å². The second-order valence-electron chi connectivity index (χ2n) is 2.22. The Balaban J connectivity index is 2.78. The van der Waals surface area contributed by atoms with E-state index in [2.05, 4.69) is 15.0 Å². The summed E-state index contributed by atoms with van der Waals surface area (Å²) in [5.74, 6) is 0.351. The number of nitrogens with one attached hydrogen (secondary N) is 1. The smallest absolute Gasteiger partial charge is 0.180 e. The Kier molecular flexibility index (Phi) is 1.63. The fourth-order valence-corrected chi connectivity index (χ4v) is 1.70. The molecule has 0 fully saturated rings. The number of aryl methyl sites for hydroxylation is 1. The van der Waals surface area contributed by atoms with E-state index in [1.165, 1.54) is 17.7 Å². The van der Waals surface area contributed by atoms with Crippen molar-refractivity contribution in [2.45, 2.75) is 6.92 Å². The van der Waals surface area contributed by atoms with Crippen LogP contribution in [0.3, 0.4) is 0 Å². The first-order chi connectivity index (χ1) is 5.81. The van der Waals surface area contributed by atoms with Crippen LogP contribution in [0.5, 0.6) is 0 Å². The molecule has 12 heavy (non-hydrogen) atoms. The zero-order valence-electron chi connectivity index (χ0n) is 6.27. The molecule has 2 aromatic rings. The van der Waals surface area contributed by atoms with Crippen molar-refractivity contribution in [3.05, 3.63) is 11.3 Å². The maximum absolute atomic E-state index is 8.67. The average molecular weight is 182 g/mol. The highest BCUT2D eigenvalue weighted by molar-refractivity contribution is 7.18. The summed E-state index contributed by atoms with van der Waals surface area (Å²) in [5.41, 5.74) is 2.59. The molecule has 0 aliphatic rings. The third-order valence-electron chi connectivity index (χ3n) is 1.41. The number of aromatic nitrogens is 3. The molecule has 2 heterocycles. The summed E-state index contributed by atoms with van der Waals surface area (Å²) in [7, 11) is 0. The van der Waals surface area contributed by atoms with Crippen LogP contribution in [0, 0.1) is 6.92 Å². The molecule has 0 radical (unpaired) electrons. The Bertz CT molecular complexity index is 413. The SMILES string of the molecule is Cc1nc2c(NO)ncnc2s1. The van der Waals surface area contributed by atoms with Crippen LogP contribution >= 0.6 is 11.3 Å². The van der Waals surface area contributed by atoms with E-state index < -0.39 is 0 Å². The minimum Gasteiger partial charge on any atom is -0.290 e. The van der Waals surface area contributed by atoms with Gasteiger partial charge in [0.2, 0.25) is 0 Å². The first kappa shape index (κ1) is 7.38. The maximum Gasteiger partial charge on any atom is 0.180 e. The topological polar surface area (TPSA) is 70.9 Å². The summed E-state index contributed by atoms with van der Waals surface area (Å²) < 4.78 is 0. The Morgan fingerprint density at radius 2 is 2.33 bits per heavy atom. The zero-order valence-corrected chi connectivity index (χ0v) is 7.09. The van der Waals surface area contributed by atoms with Gasteiger partial charge in [-0.05, 0) is 6.92 Å². The van der Waals surface area contributed by atoms with E-state index in [0.717, 1.165) is 9.84 Å². The van der Waals surface area contributed by atoms with Gasteiger partial charge in [-0.15, -0.1) is 0 Å². The maximum atomic E-state index is 8.67. The second-order valence-corrected chi connectivity index (χ2v) is 3.40. The predicted molar refractivity (Wildman–Crippen MR) is 45.4 cm³/mol. The number of fused-ring (bicyclic) bond motifs is 1. The first-order valence-corrected chi connectivity index (χ1v) is 4.11. The molecule has 0 spiro atoms. The number of anilines is 1. The van der Waals surface area contributed by atoms with Gasteiger partial charge in [-0.1, -0.05) is 11.3 Å². The fraction of sp³-hybridized carbons (Fsp3) is 0.167. The molecule has 0 unspecified atom stereocenters. The molecule has 0 bridgehead atoms. The van der Waals surface area contributed by atoms with E-state index in [-0.39, 0.29) is 0 Å². The molecular formula is C6H6N4OS. The molecule has 0 saturated heterocycles. The molecule has 2 N–H and O–H groups in total. The lowest BCUT2D eigenvalue weighted by atomic mass is 10.5. The Labute approximate surface area is 72.1 Å². The standard InChI is InChI=1S/C6H6N4OS/c1-3-9-4-5(10-11)7-2-8-6(4)12-3/h2,11H,1H3,(H,7,8,10). The van der Waals surface area contributed by atoms with Crippen LogP contribution in [0.1, 0.15) is 5.01 Å². The van der Waals surface area contributed by atoms with Crippen molar-refractivity contribution in [2.75, 3.05) is 5.48 Å². The van der Waals surface area contributed by atoms with Crippen molar-refractivity contribution in [3.63, 3.8) is 0 Å². The van der Waals surface area contributed by atoms with Crippen LogP contribution in [0.25, 0.3) is 10.3 Å². The van der Waals surface area contributed by atoms with E-state index in [1.54, 1.807) is 0 Å². The highest BCUT2D eigenvalue weighted by Crippen LogP contribution is 2.22. The van der Waals surface area contributed by atoms with E-state index >= 15 is 0 Å². The van der Waals surface area contributed by atoms with Crippen molar-refractivity contribution < 1.29 is 5.21 Å². The first-order valence-electron chi connectivity index (χ1n) is 3.29. The van der Waals surface area contributed by atoms with Crippen LogP contribution in [0.4, 0.5) is 5.82 Å². The lowest BCUT2D eigenvalue weighted by Crippen LogP contribution is -1.94. The third kappa shape index (κ3) is 1.01. The third-order valence-corrected chi connectivity index (χ3v) is 2.29. The highest BCUT2D eigenvalue weighted by Gasteiger charge is 2.06. The molecule has 0 aliphatic carbocycles. The highest BCUT2D eigenvalue weighted by atomic mass is 32.1. The molecule has 0 atom stereocenters. The van der Waals surface area contributed by atoms with Gasteiger partial charge in [-0.3, -0.25) is 10.7 Å². The summed E-state index contributed by atoms with van der Waals surface area (Å²) in [4.78, 5) is 12.7. The normalized spacial score (nSPS) is 10.5. The van der Waals surface area contributed by atoms with Gasteiger partial charge >= 0.3 is 0 Å². The van der Waals surface area contributed by atoms with Crippen LogP contribution in [0.15, 0.2) is 6.33 Å². The van der Waals surface area contributed by atoms with Crippen molar-refractivity contribution in [3.8, 4) is 0 Å².